The van der Waals surface area contributed by atoms with E-state index in [0.29, 0.717) is 28.5 Å². The molecule has 2 amide bonds. The Morgan fingerprint density at radius 1 is 0.793 bits per heavy atom. The fourth-order valence-electron chi connectivity index (χ4n) is 2.94. The van der Waals surface area contributed by atoms with Gasteiger partial charge in [0.05, 0.1) is 18.5 Å². The first-order chi connectivity index (χ1) is 13.7. The smallest absolute Gasteiger partial charge is 0.354 e. The number of halogens is 1. The van der Waals surface area contributed by atoms with Crippen molar-refractivity contribution in [2.75, 3.05) is 17.7 Å². The van der Waals surface area contributed by atoms with Gasteiger partial charge in [-0.3, -0.25) is 9.59 Å². The number of anilines is 2. The van der Waals surface area contributed by atoms with Gasteiger partial charge in [-0.15, -0.1) is 0 Å². The van der Waals surface area contributed by atoms with Gasteiger partial charge in [0.1, 0.15) is 17.1 Å². The van der Waals surface area contributed by atoms with Crippen LogP contribution in [-0.2, 0) is 25.9 Å². The summed E-state index contributed by atoms with van der Waals surface area (Å²) in [5, 5.41) is 5.54. The van der Waals surface area contributed by atoms with Gasteiger partial charge < -0.3 is 29.1 Å². The molecule has 0 unspecified atom stereocenters. The third kappa shape index (κ3) is 4.36. The molecule has 0 radical (unpaired) electrons. The highest BCUT2D eigenvalue weighted by Crippen LogP contribution is 2.19. The largest absolute Gasteiger partial charge is 0.464 e. The fourth-order valence-corrected chi connectivity index (χ4v) is 3.65. The molecule has 3 rings (SSSR count). The average molecular weight is 509 g/mol. The van der Waals surface area contributed by atoms with E-state index in [-0.39, 0.29) is 11.8 Å². The molecule has 0 fully saturated rings. The van der Waals surface area contributed by atoms with Gasteiger partial charge in [-0.1, -0.05) is 0 Å². The molecule has 29 heavy (non-hydrogen) atoms. The van der Waals surface area contributed by atoms with E-state index in [1.54, 1.807) is 59.4 Å². The van der Waals surface area contributed by atoms with Crippen LogP contribution < -0.4 is 10.6 Å². The van der Waals surface area contributed by atoms with Gasteiger partial charge in [-0.25, -0.2) is 4.79 Å². The van der Waals surface area contributed by atoms with Gasteiger partial charge in [-0.05, 0) is 40.8 Å². The minimum atomic E-state index is -0.493. The predicted molar refractivity (Wildman–Crippen MR) is 116 cm³/mol. The minimum Gasteiger partial charge on any atom is -0.464 e. The van der Waals surface area contributed by atoms with Crippen LogP contribution in [-0.4, -0.2) is 38.6 Å². The monoisotopic (exact) mass is 509 g/mol. The summed E-state index contributed by atoms with van der Waals surface area (Å²) in [6.45, 7) is 0. The Morgan fingerprint density at radius 3 is 1.72 bits per heavy atom. The molecule has 3 heterocycles. The maximum absolute atomic E-state index is 12.6. The standard InChI is InChI=1S/C19H20IN5O4/c1-23-8-11(20)5-14(23)17(26)21-12-6-15(24(2)9-12)18(27)22-13-7-16(19(28)29-4)25(3)10-13/h5-10H,1-4H3,(H,21,26)(H,22,27). The van der Waals surface area contributed by atoms with Crippen molar-refractivity contribution in [2.45, 2.75) is 0 Å². The van der Waals surface area contributed by atoms with Crippen LogP contribution >= 0.6 is 22.6 Å². The first-order valence-electron chi connectivity index (χ1n) is 8.55. The van der Waals surface area contributed by atoms with E-state index >= 15 is 0 Å². The molecular formula is C19H20IN5O4. The van der Waals surface area contributed by atoms with Crippen LogP contribution in [0.15, 0.2) is 36.8 Å². The highest BCUT2D eigenvalue weighted by Gasteiger charge is 2.18. The number of hydrogen-bond acceptors (Lipinski definition) is 4. The first kappa shape index (κ1) is 20.7. The van der Waals surface area contributed by atoms with Crippen LogP contribution in [0.1, 0.15) is 31.5 Å². The zero-order chi connectivity index (χ0) is 21.3. The van der Waals surface area contributed by atoms with E-state index in [4.69, 9.17) is 4.74 Å². The van der Waals surface area contributed by atoms with Crippen molar-refractivity contribution < 1.29 is 19.1 Å². The van der Waals surface area contributed by atoms with E-state index in [2.05, 4.69) is 33.2 Å². The van der Waals surface area contributed by atoms with Crippen molar-refractivity contribution in [3.05, 3.63) is 57.4 Å². The molecule has 0 saturated carbocycles. The normalized spacial score (nSPS) is 10.7. The zero-order valence-electron chi connectivity index (χ0n) is 16.3. The summed E-state index contributed by atoms with van der Waals surface area (Å²) in [5.41, 5.74) is 2.15. The number of carbonyl (C=O) groups excluding carboxylic acids is 3. The van der Waals surface area contributed by atoms with Crippen molar-refractivity contribution in [1.82, 2.24) is 13.7 Å². The van der Waals surface area contributed by atoms with E-state index in [1.165, 1.54) is 13.2 Å². The third-order valence-electron chi connectivity index (χ3n) is 4.36. The van der Waals surface area contributed by atoms with Crippen LogP contribution in [0.3, 0.4) is 0 Å². The number of esters is 1. The summed E-state index contributed by atoms with van der Waals surface area (Å²) in [5.74, 6) is -1.13. The zero-order valence-corrected chi connectivity index (χ0v) is 18.5. The molecule has 3 aromatic heterocycles. The highest BCUT2D eigenvalue weighted by molar-refractivity contribution is 14.1. The van der Waals surface area contributed by atoms with Crippen molar-refractivity contribution in [3.63, 3.8) is 0 Å². The Morgan fingerprint density at radius 2 is 1.24 bits per heavy atom. The molecule has 0 bridgehead atoms. The molecule has 9 nitrogen and oxygen atoms in total. The molecule has 0 atom stereocenters. The molecule has 152 valence electrons. The van der Waals surface area contributed by atoms with Crippen LogP contribution in [0.4, 0.5) is 11.4 Å². The molecule has 3 aromatic rings. The van der Waals surface area contributed by atoms with Crippen molar-refractivity contribution >= 4 is 51.7 Å². The van der Waals surface area contributed by atoms with Gasteiger partial charge in [0.2, 0.25) is 0 Å². The number of ether oxygens (including phenoxy) is 1. The van der Waals surface area contributed by atoms with E-state index in [1.807, 2.05) is 6.20 Å². The van der Waals surface area contributed by atoms with Crippen LogP contribution in [0, 0.1) is 3.57 Å². The maximum atomic E-state index is 12.6. The van der Waals surface area contributed by atoms with Gasteiger partial charge in [0, 0.05) is 43.3 Å². The van der Waals surface area contributed by atoms with E-state index < -0.39 is 5.97 Å². The van der Waals surface area contributed by atoms with Crippen molar-refractivity contribution in [1.29, 1.82) is 0 Å². The number of nitrogens with zero attached hydrogens (tertiary/aromatic N) is 3. The molecule has 0 aliphatic carbocycles. The summed E-state index contributed by atoms with van der Waals surface area (Å²) >= 11 is 2.14. The lowest BCUT2D eigenvalue weighted by Gasteiger charge is -2.03. The Balaban J connectivity index is 1.74. The molecular weight excluding hydrogens is 489 g/mol. The van der Waals surface area contributed by atoms with Crippen LogP contribution in [0.25, 0.3) is 0 Å². The van der Waals surface area contributed by atoms with Gasteiger partial charge >= 0.3 is 5.97 Å². The number of carbonyl (C=O) groups is 3. The lowest BCUT2D eigenvalue weighted by molar-refractivity contribution is 0.0589. The summed E-state index contributed by atoms with van der Waals surface area (Å²) in [4.78, 5) is 36.8. The molecule has 0 aliphatic rings. The molecule has 0 saturated heterocycles. The Bertz CT molecular complexity index is 1110. The van der Waals surface area contributed by atoms with Crippen molar-refractivity contribution in [3.8, 4) is 0 Å². The Kier molecular flexibility index (Phi) is 5.82. The predicted octanol–water partition coefficient (Wildman–Crippen LogP) is 2.60. The third-order valence-corrected chi connectivity index (χ3v) is 4.95. The van der Waals surface area contributed by atoms with Crippen molar-refractivity contribution in [2.24, 2.45) is 21.1 Å². The number of amides is 2. The summed E-state index contributed by atoms with van der Waals surface area (Å²) in [7, 11) is 6.48. The minimum absolute atomic E-state index is 0.265. The number of rotatable bonds is 5. The quantitative estimate of drug-likeness (QED) is 0.408. The van der Waals surface area contributed by atoms with E-state index in [9.17, 15) is 14.4 Å². The van der Waals surface area contributed by atoms with Crippen LogP contribution in [0.5, 0.6) is 0 Å². The second-order valence-electron chi connectivity index (χ2n) is 6.50. The fraction of sp³-hybridized carbons (Fsp3) is 0.211. The number of nitrogens with one attached hydrogen (secondary N) is 2. The molecule has 0 aromatic carbocycles. The van der Waals surface area contributed by atoms with Gasteiger partial charge in [-0.2, -0.15) is 0 Å². The highest BCUT2D eigenvalue weighted by atomic mass is 127. The van der Waals surface area contributed by atoms with Gasteiger partial charge in [0.15, 0.2) is 0 Å². The summed E-state index contributed by atoms with van der Waals surface area (Å²) < 4.78 is 10.6. The summed E-state index contributed by atoms with van der Waals surface area (Å²) in [6, 6.07) is 4.90. The average Bonchev–Trinajstić information content (AvgIpc) is 3.31. The summed E-state index contributed by atoms with van der Waals surface area (Å²) in [6.07, 6.45) is 5.13. The Labute approximate surface area is 180 Å². The van der Waals surface area contributed by atoms with Gasteiger partial charge in [0.25, 0.3) is 11.8 Å². The first-order valence-corrected chi connectivity index (χ1v) is 9.63. The molecule has 0 spiro atoms. The second-order valence-corrected chi connectivity index (χ2v) is 7.75. The molecule has 2 N–H and O–H groups in total. The number of aromatic nitrogens is 3. The number of aryl methyl sites for hydroxylation is 3. The Hall–Kier alpha value is -3.02. The lowest BCUT2D eigenvalue weighted by Crippen LogP contribution is -2.15. The lowest BCUT2D eigenvalue weighted by atomic mass is 10.3. The number of hydrogen-bond donors (Lipinski definition) is 2. The van der Waals surface area contributed by atoms with Crippen LogP contribution in [0.2, 0.25) is 0 Å². The number of methoxy groups -OCH3 is 1. The molecule has 10 heteroatoms. The topological polar surface area (TPSA) is 99.3 Å². The second kappa shape index (κ2) is 8.15. The molecule has 0 aliphatic heterocycles. The van der Waals surface area contributed by atoms with E-state index in [0.717, 1.165) is 3.57 Å². The maximum Gasteiger partial charge on any atom is 0.354 e. The SMILES string of the molecule is COC(=O)c1cc(NC(=O)c2cc(NC(=O)c3cc(I)cn3C)cn2C)cn1C.